The first-order chi connectivity index (χ1) is 10.8. The highest BCUT2D eigenvalue weighted by Crippen LogP contribution is 2.15. The Morgan fingerprint density at radius 1 is 1.39 bits per heavy atom. The van der Waals surface area contributed by atoms with Crippen LogP contribution in [0.1, 0.15) is 6.42 Å². The van der Waals surface area contributed by atoms with E-state index in [0.29, 0.717) is 24.6 Å². The fraction of sp³-hybridized carbons (Fsp3) is 0.533. The summed E-state index contributed by atoms with van der Waals surface area (Å²) < 4.78 is 28.3. The van der Waals surface area contributed by atoms with Gasteiger partial charge in [-0.25, -0.2) is 8.42 Å². The van der Waals surface area contributed by atoms with E-state index in [1.165, 1.54) is 0 Å². The van der Waals surface area contributed by atoms with Crippen molar-refractivity contribution >= 4 is 27.3 Å². The second kappa shape index (κ2) is 7.99. The zero-order valence-corrected chi connectivity index (χ0v) is 14.6. The van der Waals surface area contributed by atoms with E-state index in [-0.39, 0.29) is 30.0 Å². The normalized spacial score (nSPS) is 19.7. The summed E-state index contributed by atoms with van der Waals surface area (Å²) in [4.78, 5) is 13.7. The molecule has 0 radical (unpaired) electrons. The Hall–Kier alpha value is -1.31. The second-order valence-electron chi connectivity index (χ2n) is 5.71. The van der Waals surface area contributed by atoms with Gasteiger partial charge in [0.1, 0.15) is 12.4 Å². The molecule has 1 amide bonds. The van der Waals surface area contributed by atoms with E-state index in [9.17, 15) is 13.2 Å². The molecule has 0 saturated carbocycles. The first-order valence-corrected chi connectivity index (χ1v) is 9.61. The fourth-order valence-electron chi connectivity index (χ4n) is 2.36. The number of sulfone groups is 1. The molecule has 0 aromatic heterocycles. The van der Waals surface area contributed by atoms with Crippen LogP contribution in [0.3, 0.4) is 0 Å². The lowest BCUT2D eigenvalue weighted by Crippen LogP contribution is -2.42. The summed E-state index contributed by atoms with van der Waals surface area (Å²) in [5, 5.41) is 3.42. The number of amides is 1. The van der Waals surface area contributed by atoms with Gasteiger partial charge in [0, 0.05) is 17.6 Å². The number of nitrogens with one attached hydrogen (secondary N) is 1. The van der Waals surface area contributed by atoms with E-state index in [4.69, 9.17) is 16.3 Å². The number of ether oxygens (including phenoxy) is 1. The van der Waals surface area contributed by atoms with Crippen LogP contribution in [0.4, 0.5) is 0 Å². The Labute approximate surface area is 141 Å². The predicted octanol–water partition coefficient (Wildman–Crippen LogP) is 0.954. The number of carbonyl (C=O) groups is 1. The number of hydrogen-bond acceptors (Lipinski definition) is 5. The van der Waals surface area contributed by atoms with Gasteiger partial charge < -0.3 is 10.1 Å². The van der Waals surface area contributed by atoms with Crippen LogP contribution in [0, 0.1) is 0 Å². The topological polar surface area (TPSA) is 75.7 Å². The minimum absolute atomic E-state index is 0.0438. The Kier molecular flexibility index (Phi) is 6.26. The van der Waals surface area contributed by atoms with Crippen molar-refractivity contribution in [2.24, 2.45) is 0 Å². The predicted molar refractivity (Wildman–Crippen MR) is 89.6 cm³/mol. The quantitative estimate of drug-likeness (QED) is 0.783. The molecule has 8 heteroatoms. The smallest absolute Gasteiger partial charge is 0.234 e. The van der Waals surface area contributed by atoms with Gasteiger partial charge in [-0.1, -0.05) is 11.6 Å². The summed E-state index contributed by atoms with van der Waals surface area (Å²) in [5.74, 6) is 0.759. The monoisotopic (exact) mass is 360 g/mol. The number of benzene rings is 1. The second-order valence-corrected chi connectivity index (χ2v) is 8.37. The largest absolute Gasteiger partial charge is 0.492 e. The minimum Gasteiger partial charge on any atom is -0.492 e. The third-order valence-corrected chi connectivity index (χ3v) is 5.59. The average molecular weight is 361 g/mol. The fourth-order valence-corrected chi connectivity index (χ4v) is 4.16. The Balaban J connectivity index is 1.65. The van der Waals surface area contributed by atoms with Crippen molar-refractivity contribution < 1.29 is 17.9 Å². The molecular formula is C15H21ClN2O4S. The lowest BCUT2D eigenvalue weighted by atomic mass is 10.2. The third kappa shape index (κ3) is 6.37. The highest BCUT2D eigenvalue weighted by molar-refractivity contribution is 7.91. The maximum Gasteiger partial charge on any atom is 0.234 e. The zero-order chi connectivity index (χ0) is 16.9. The van der Waals surface area contributed by atoms with E-state index < -0.39 is 9.84 Å². The minimum atomic E-state index is -2.98. The Bertz CT molecular complexity index is 633. The van der Waals surface area contributed by atoms with Crippen LogP contribution in [-0.2, 0) is 14.6 Å². The summed E-state index contributed by atoms with van der Waals surface area (Å²) in [7, 11) is -1.16. The molecule has 1 saturated heterocycles. The summed E-state index contributed by atoms with van der Waals surface area (Å²) in [6.45, 7) is 1.24. The number of halogens is 1. The van der Waals surface area contributed by atoms with Crippen molar-refractivity contribution in [3.63, 3.8) is 0 Å². The maximum atomic E-state index is 11.9. The number of likely N-dealkylation sites (N-methyl/N-ethyl adjacent to an activating group) is 1. The first kappa shape index (κ1) is 18.0. The average Bonchev–Trinajstić information content (AvgIpc) is 2.79. The summed E-state index contributed by atoms with van der Waals surface area (Å²) in [6.07, 6.45) is 0.497. The van der Waals surface area contributed by atoms with Gasteiger partial charge >= 0.3 is 0 Å². The maximum absolute atomic E-state index is 11.9. The van der Waals surface area contributed by atoms with Crippen molar-refractivity contribution in [1.29, 1.82) is 0 Å². The van der Waals surface area contributed by atoms with E-state index in [1.807, 2.05) is 11.9 Å². The van der Waals surface area contributed by atoms with Crippen LogP contribution in [0.25, 0.3) is 0 Å². The molecule has 6 nitrogen and oxygen atoms in total. The molecule has 1 heterocycles. The highest BCUT2D eigenvalue weighted by Gasteiger charge is 2.28. The van der Waals surface area contributed by atoms with Gasteiger partial charge in [-0.05, 0) is 37.7 Å². The van der Waals surface area contributed by atoms with Gasteiger partial charge in [-0.2, -0.15) is 0 Å². The Morgan fingerprint density at radius 2 is 2.09 bits per heavy atom. The summed E-state index contributed by atoms with van der Waals surface area (Å²) in [5.41, 5.74) is 0. The van der Waals surface area contributed by atoms with Crippen molar-refractivity contribution in [3.05, 3.63) is 29.3 Å². The molecule has 0 aliphatic carbocycles. The number of nitrogens with zero attached hydrogens (tertiary/aromatic N) is 1. The van der Waals surface area contributed by atoms with Crippen molar-refractivity contribution in [2.45, 2.75) is 12.5 Å². The number of rotatable bonds is 7. The molecule has 1 aliphatic heterocycles. The molecule has 1 aliphatic rings. The molecule has 1 aromatic carbocycles. The number of hydrogen-bond donors (Lipinski definition) is 1. The van der Waals surface area contributed by atoms with Crippen LogP contribution in [0.15, 0.2) is 24.3 Å². The number of carbonyl (C=O) groups excluding carboxylic acids is 1. The molecule has 1 aromatic rings. The van der Waals surface area contributed by atoms with Gasteiger partial charge in [0.15, 0.2) is 9.84 Å². The van der Waals surface area contributed by atoms with Crippen LogP contribution < -0.4 is 10.1 Å². The molecule has 23 heavy (non-hydrogen) atoms. The van der Waals surface area contributed by atoms with E-state index in [1.54, 1.807) is 24.3 Å². The Morgan fingerprint density at radius 3 is 2.70 bits per heavy atom. The molecule has 1 atom stereocenters. The van der Waals surface area contributed by atoms with Crippen LogP contribution >= 0.6 is 11.6 Å². The van der Waals surface area contributed by atoms with Crippen LogP contribution in [-0.4, -0.2) is 63.5 Å². The molecule has 0 spiro atoms. The first-order valence-electron chi connectivity index (χ1n) is 7.41. The molecule has 1 N–H and O–H groups in total. The van der Waals surface area contributed by atoms with Crippen molar-refractivity contribution in [1.82, 2.24) is 10.2 Å². The highest BCUT2D eigenvalue weighted by atomic mass is 35.5. The van der Waals surface area contributed by atoms with Crippen molar-refractivity contribution in [3.8, 4) is 5.75 Å². The van der Waals surface area contributed by atoms with E-state index in [0.717, 1.165) is 5.75 Å². The van der Waals surface area contributed by atoms with Gasteiger partial charge in [0.05, 0.1) is 18.1 Å². The van der Waals surface area contributed by atoms with Gasteiger partial charge in [0.25, 0.3) is 0 Å². The standard InChI is InChI=1S/C15H21ClN2O4S/c1-18(7-8-22-14-4-2-12(16)3-5-14)10-15(19)17-13-6-9-23(20,21)11-13/h2-5,13H,6-11H2,1H3,(H,17,19)/t13-/m1/s1. The third-order valence-electron chi connectivity index (χ3n) is 3.57. The molecule has 128 valence electrons. The summed E-state index contributed by atoms with van der Waals surface area (Å²) in [6, 6.07) is 6.82. The molecule has 0 bridgehead atoms. The molecular weight excluding hydrogens is 340 g/mol. The van der Waals surface area contributed by atoms with E-state index >= 15 is 0 Å². The SMILES string of the molecule is CN(CCOc1ccc(Cl)cc1)CC(=O)N[C@@H]1CCS(=O)(=O)C1. The van der Waals surface area contributed by atoms with E-state index in [2.05, 4.69) is 5.32 Å². The van der Waals surface area contributed by atoms with Crippen LogP contribution in [0.5, 0.6) is 5.75 Å². The lowest BCUT2D eigenvalue weighted by molar-refractivity contribution is -0.122. The zero-order valence-electron chi connectivity index (χ0n) is 13.0. The molecule has 2 rings (SSSR count). The van der Waals surface area contributed by atoms with Crippen LogP contribution in [0.2, 0.25) is 5.02 Å². The lowest BCUT2D eigenvalue weighted by Gasteiger charge is -2.18. The molecule has 1 fully saturated rings. The van der Waals surface area contributed by atoms with Gasteiger partial charge in [-0.15, -0.1) is 0 Å². The van der Waals surface area contributed by atoms with Gasteiger partial charge in [0.2, 0.25) is 5.91 Å². The summed E-state index contributed by atoms with van der Waals surface area (Å²) >= 11 is 5.80. The molecule has 0 unspecified atom stereocenters. The van der Waals surface area contributed by atoms with Crippen molar-refractivity contribution in [2.75, 3.05) is 38.2 Å². The van der Waals surface area contributed by atoms with Gasteiger partial charge in [-0.3, -0.25) is 9.69 Å².